The van der Waals surface area contributed by atoms with Crippen LogP contribution in [0, 0.1) is 5.92 Å². The van der Waals surface area contributed by atoms with Gasteiger partial charge in [0.2, 0.25) is 5.91 Å². The molecule has 0 saturated carbocycles. The van der Waals surface area contributed by atoms with Crippen molar-refractivity contribution in [2.24, 2.45) is 11.0 Å². The Hall–Kier alpha value is -1.04. The maximum atomic E-state index is 11.5. The topological polar surface area (TPSA) is 87.1 Å². The van der Waals surface area contributed by atoms with E-state index in [0.29, 0.717) is 0 Å². The molecule has 1 aliphatic heterocycles. The molecule has 0 aliphatic carbocycles. The van der Waals surface area contributed by atoms with Crippen molar-refractivity contribution in [1.29, 1.82) is 0 Å². The first-order valence-electron chi connectivity index (χ1n) is 6.12. The summed E-state index contributed by atoms with van der Waals surface area (Å²) in [6.07, 6.45) is -0.697. The zero-order valence-electron chi connectivity index (χ0n) is 11.9. The molecule has 1 fully saturated rings. The van der Waals surface area contributed by atoms with Gasteiger partial charge in [-0.25, -0.2) is 0 Å². The molecule has 3 atom stereocenters. The van der Waals surface area contributed by atoms with Gasteiger partial charge in [0, 0.05) is 4.91 Å². The second-order valence-electron chi connectivity index (χ2n) is 6.27. The van der Waals surface area contributed by atoms with Gasteiger partial charge in [-0.15, -0.1) is 0 Å². The lowest BCUT2D eigenvalue weighted by atomic mass is 9.92. The van der Waals surface area contributed by atoms with E-state index in [-0.39, 0.29) is 23.0 Å². The molecule has 1 N–H and O–H groups in total. The summed E-state index contributed by atoms with van der Waals surface area (Å²) in [4.78, 5) is 14.3. The van der Waals surface area contributed by atoms with Crippen molar-refractivity contribution in [3.8, 4) is 0 Å². The van der Waals surface area contributed by atoms with E-state index in [0.717, 1.165) is 0 Å². The largest absolute Gasteiger partial charge is 0.413 e. The molecule has 18 heavy (non-hydrogen) atoms. The fourth-order valence-corrected chi connectivity index (χ4v) is 3.15. The second-order valence-corrected chi connectivity index (χ2v) is 11.0. The predicted molar refractivity (Wildman–Crippen MR) is 72.3 cm³/mol. The van der Waals surface area contributed by atoms with E-state index < -0.39 is 14.5 Å². The number of azide groups is 1. The van der Waals surface area contributed by atoms with Gasteiger partial charge in [-0.05, 0) is 30.6 Å². The van der Waals surface area contributed by atoms with Gasteiger partial charge in [-0.1, -0.05) is 25.9 Å². The van der Waals surface area contributed by atoms with Crippen LogP contribution in [-0.4, -0.2) is 26.5 Å². The fraction of sp³-hybridized carbons (Fsp3) is 0.909. The monoisotopic (exact) mass is 270 g/mol. The Morgan fingerprint density at radius 3 is 2.44 bits per heavy atom. The molecule has 0 spiro atoms. The van der Waals surface area contributed by atoms with Crippen LogP contribution in [0.2, 0.25) is 18.1 Å². The fourth-order valence-electron chi connectivity index (χ4n) is 1.72. The average molecular weight is 270 g/mol. The van der Waals surface area contributed by atoms with Gasteiger partial charge in [-0.2, -0.15) is 0 Å². The maximum Gasteiger partial charge on any atom is 0.228 e. The first-order chi connectivity index (χ1) is 8.10. The Bertz CT molecular complexity index is 385. The summed E-state index contributed by atoms with van der Waals surface area (Å²) in [6, 6.07) is 0. The summed E-state index contributed by atoms with van der Waals surface area (Å²) in [5.41, 5.74) is 8.42. The van der Waals surface area contributed by atoms with E-state index in [2.05, 4.69) is 49.2 Å². The van der Waals surface area contributed by atoms with Crippen molar-refractivity contribution in [3.05, 3.63) is 10.4 Å². The molecular weight excluding hydrogens is 248 g/mol. The summed E-state index contributed by atoms with van der Waals surface area (Å²) in [6.45, 7) is 12.6. The van der Waals surface area contributed by atoms with Crippen LogP contribution in [0.4, 0.5) is 0 Å². The Morgan fingerprint density at radius 1 is 1.50 bits per heavy atom. The molecule has 0 radical (unpaired) electrons. The van der Waals surface area contributed by atoms with E-state index in [1.54, 1.807) is 0 Å². The standard InChI is InChI=1S/C11H22N4O2Si/c1-7(17-18(5,6)11(2,3)4)8-9(14-15-12)13-10(8)16/h7-9H,1-6H3,(H,13,16)/t7-,8-,9-/m1/s1. The maximum absolute atomic E-state index is 11.5. The third kappa shape index (κ3) is 2.85. The van der Waals surface area contributed by atoms with Crippen LogP contribution in [0.1, 0.15) is 27.7 Å². The molecule has 102 valence electrons. The predicted octanol–water partition coefficient (Wildman–Crippen LogP) is 2.78. The van der Waals surface area contributed by atoms with Crippen LogP contribution < -0.4 is 5.32 Å². The van der Waals surface area contributed by atoms with Crippen LogP contribution in [0.5, 0.6) is 0 Å². The Labute approximate surface area is 109 Å². The van der Waals surface area contributed by atoms with E-state index in [4.69, 9.17) is 9.96 Å². The highest BCUT2D eigenvalue weighted by Gasteiger charge is 2.47. The normalized spacial score (nSPS) is 25.8. The van der Waals surface area contributed by atoms with Crippen molar-refractivity contribution in [1.82, 2.24) is 5.32 Å². The molecular formula is C11H22N4O2Si. The molecule has 0 aromatic rings. The number of rotatable bonds is 4. The highest BCUT2D eigenvalue weighted by atomic mass is 28.4. The highest BCUT2D eigenvalue weighted by Crippen LogP contribution is 2.39. The van der Waals surface area contributed by atoms with Crippen molar-refractivity contribution in [2.75, 3.05) is 0 Å². The quantitative estimate of drug-likeness (QED) is 0.280. The van der Waals surface area contributed by atoms with Gasteiger partial charge >= 0.3 is 0 Å². The number of carbonyl (C=O) groups is 1. The molecule has 0 aromatic carbocycles. The third-order valence-corrected chi connectivity index (χ3v) is 8.47. The number of β-lactam (4-membered cyclic amide) rings is 1. The minimum absolute atomic E-state index is 0.0927. The summed E-state index contributed by atoms with van der Waals surface area (Å²) in [5.74, 6) is -0.464. The van der Waals surface area contributed by atoms with Crippen LogP contribution in [0.25, 0.3) is 10.4 Å². The summed E-state index contributed by atoms with van der Waals surface area (Å²) in [5, 5.41) is 6.23. The molecule has 1 amide bonds. The lowest BCUT2D eigenvalue weighted by Crippen LogP contribution is -2.62. The molecule has 1 heterocycles. The van der Waals surface area contributed by atoms with Gasteiger partial charge in [0.15, 0.2) is 8.32 Å². The van der Waals surface area contributed by atoms with Gasteiger partial charge in [0.05, 0.1) is 12.0 Å². The SMILES string of the molecule is C[C@@H](O[Si](C)(C)C(C)(C)C)[C@H]1C(=O)N[C@@H]1N=[N+]=[N-]. The summed E-state index contributed by atoms with van der Waals surface area (Å²) >= 11 is 0. The van der Waals surface area contributed by atoms with E-state index >= 15 is 0 Å². The van der Waals surface area contributed by atoms with Crippen molar-refractivity contribution < 1.29 is 9.22 Å². The average Bonchev–Trinajstić information content (AvgIpc) is 2.13. The van der Waals surface area contributed by atoms with Crippen LogP contribution in [0.3, 0.4) is 0 Å². The van der Waals surface area contributed by atoms with E-state index in [9.17, 15) is 4.79 Å². The smallest absolute Gasteiger partial charge is 0.228 e. The number of hydrogen-bond donors (Lipinski definition) is 1. The zero-order valence-corrected chi connectivity index (χ0v) is 12.9. The van der Waals surface area contributed by atoms with Crippen LogP contribution in [-0.2, 0) is 9.22 Å². The first-order valence-corrected chi connectivity index (χ1v) is 9.03. The van der Waals surface area contributed by atoms with E-state index in [1.807, 2.05) is 6.92 Å². The first kappa shape index (κ1) is 15.0. The Balaban J connectivity index is 2.74. The van der Waals surface area contributed by atoms with Gasteiger partial charge in [0.25, 0.3) is 0 Å². The number of hydrogen-bond acceptors (Lipinski definition) is 3. The summed E-state index contributed by atoms with van der Waals surface area (Å²) < 4.78 is 6.15. The van der Waals surface area contributed by atoms with Crippen molar-refractivity contribution in [2.45, 2.75) is 58.1 Å². The number of amides is 1. The molecule has 1 saturated heterocycles. The molecule has 7 heteroatoms. The van der Waals surface area contributed by atoms with Gasteiger partial charge < -0.3 is 9.74 Å². The highest BCUT2D eigenvalue weighted by molar-refractivity contribution is 6.74. The van der Waals surface area contributed by atoms with E-state index in [1.165, 1.54) is 0 Å². The molecule has 0 bridgehead atoms. The van der Waals surface area contributed by atoms with Crippen LogP contribution in [0.15, 0.2) is 5.11 Å². The molecule has 1 rings (SSSR count). The third-order valence-electron chi connectivity index (χ3n) is 3.90. The molecule has 1 aliphatic rings. The van der Waals surface area contributed by atoms with Crippen molar-refractivity contribution in [3.63, 3.8) is 0 Å². The minimum Gasteiger partial charge on any atom is -0.413 e. The molecule has 0 unspecified atom stereocenters. The lowest BCUT2D eigenvalue weighted by Gasteiger charge is -2.44. The summed E-state index contributed by atoms with van der Waals surface area (Å²) in [7, 11) is -1.91. The number of carbonyl (C=O) groups excluding carboxylic acids is 1. The zero-order chi connectivity index (χ0) is 14.1. The van der Waals surface area contributed by atoms with Gasteiger partial charge in [-0.3, -0.25) is 4.79 Å². The number of nitrogens with one attached hydrogen (secondary N) is 1. The Kier molecular flexibility index (Phi) is 4.10. The molecule has 6 nitrogen and oxygen atoms in total. The van der Waals surface area contributed by atoms with Crippen molar-refractivity contribution >= 4 is 14.2 Å². The van der Waals surface area contributed by atoms with Gasteiger partial charge in [0.1, 0.15) is 6.17 Å². The van der Waals surface area contributed by atoms with Crippen LogP contribution >= 0.6 is 0 Å². The second kappa shape index (κ2) is 4.91. The Morgan fingerprint density at radius 2 is 2.06 bits per heavy atom. The minimum atomic E-state index is -1.91. The lowest BCUT2D eigenvalue weighted by molar-refractivity contribution is -0.139. The molecule has 0 aromatic heterocycles. The number of nitrogens with zero attached hydrogens (tertiary/aromatic N) is 3.